The summed E-state index contributed by atoms with van der Waals surface area (Å²) >= 11 is 0. The fraction of sp³-hybridized carbons (Fsp3) is 0.667. The Morgan fingerprint density at radius 2 is 1.80 bits per heavy atom. The van der Waals surface area contributed by atoms with E-state index in [1.165, 1.54) is 18.4 Å². The highest BCUT2D eigenvalue weighted by atomic mass is 16.3. The first-order chi connectivity index (χ1) is 12.0. The summed E-state index contributed by atoms with van der Waals surface area (Å²) in [6.45, 7) is 3.82. The number of hydrogen-bond donors (Lipinski definition) is 1. The average molecular weight is 344 g/mol. The van der Waals surface area contributed by atoms with Gasteiger partial charge in [0.15, 0.2) is 0 Å². The number of aliphatic hydroxyl groups excluding tert-OH is 1. The van der Waals surface area contributed by atoms with Crippen molar-refractivity contribution < 1.29 is 9.90 Å². The van der Waals surface area contributed by atoms with E-state index in [-0.39, 0.29) is 18.1 Å². The second-order valence-corrected chi connectivity index (χ2v) is 8.10. The highest BCUT2D eigenvalue weighted by Crippen LogP contribution is 2.38. The van der Waals surface area contributed by atoms with E-state index in [2.05, 4.69) is 24.0 Å². The molecule has 4 heteroatoms. The lowest BCUT2D eigenvalue weighted by atomic mass is 9.77. The van der Waals surface area contributed by atoms with Crippen molar-refractivity contribution in [2.75, 3.05) is 27.2 Å². The van der Waals surface area contributed by atoms with Crippen LogP contribution in [0.5, 0.6) is 0 Å². The quantitative estimate of drug-likeness (QED) is 0.893. The lowest BCUT2D eigenvalue weighted by Crippen LogP contribution is -2.46. The number of likely N-dealkylation sites (N-methyl/N-ethyl adjacent to an activating group) is 1. The van der Waals surface area contributed by atoms with Gasteiger partial charge in [-0.15, -0.1) is 0 Å². The Morgan fingerprint density at radius 3 is 2.40 bits per heavy atom. The molecule has 0 aromatic heterocycles. The van der Waals surface area contributed by atoms with E-state index in [0.29, 0.717) is 11.8 Å². The van der Waals surface area contributed by atoms with Gasteiger partial charge in [-0.2, -0.15) is 0 Å². The first kappa shape index (κ1) is 18.4. The molecule has 25 heavy (non-hydrogen) atoms. The molecule has 0 unspecified atom stereocenters. The van der Waals surface area contributed by atoms with Gasteiger partial charge in [0.2, 0.25) is 0 Å². The first-order valence-corrected chi connectivity index (χ1v) is 9.72. The lowest BCUT2D eigenvalue weighted by Gasteiger charge is -2.38. The summed E-state index contributed by atoms with van der Waals surface area (Å²) in [6.07, 6.45) is 4.99. The largest absolute Gasteiger partial charge is 0.391 e. The predicted molar refractivity (Wildman–Crippen MR) is 101 cm³/mol. The van der Waals surface area contributed by atoms with Gasteiger partial charge in [0.1, 0.15) is 0 Å². The minimum absolute atomic E-state index is 0.146. The maximum atomic E-state index is 12.9. The third kappa shape index (κ3) is 4.06. The number of rotatable bonds is 5. The molecule has 0 radical (unpaired) electrons. The molecule has 1 amide bonds. The number of amides is 1. The van der Waals surface area contributed by atoms with Crippen LogP contribution in [0.25, 0.3) is 0 Å². The smallest absolute Gasteiger partial charge is 0.253 e. The van der Waals surface area contributed by atoms with Crippen molar-refractivity contribution in [1.29, 1.82) is 0 Å². The number of benzene rings is 1. The van der Waals surface area contributed by atoms with Crippen LogP contribution in [0, 0.1) is 11.8 Å². The van der Waals surface area contributed by atoms with Gasteiger partial charge in [-0.1, -0.05) is 25.5 Å². The Kier molecular flexibility index (Phi) is 5.80. The van der Waals surface area contributed by atoms with Gasteiger partial charge >= 0.3 is 0 Å². The highest BCUT2D eigenvalue weighted by molar-refractivity contribution is 5.94. The number of aliphatic hydroxyl groups is 1. The maximum absolute atomic E-state index is 12.9. The Hall–Kier alpha value is -1.39. The van der Waals surface area contributed by atoms with E-state index in [0.717, 1.165) is 37.9 Å². The zero-order chi connectivity index (χ0) is 18.0. The molecule has 4 atom stereocenters. The van der Waals surface area contributed by atoms with E-state index in [1.807, 2.05) is 31.1 Å². The predicted octanol–water partition coefficient (Wildman–Crippen LogP) is 2.80. The van der Waals surface area contributed by atoms with Crippen molar-refractivity contribution in [2.45, 2.75) is 51.2 Å². The van der Waals surface area contributed by atoms with Crippen LogP contribution in [-0.2, 0) is 6.42 Å². The van der Waals surface area contributed by atoms with E-state index < -0.39 is 0 Å². The minimum atomic E-state index is -0.274. The fourth-order valence-electron chi connectivity index (χ4n) is 4.51. The molecule has 2 fully saturated rings. The molecule has 1 N–H and O–H groups in total. The van der Waals surface area contributed by atoms with Crippen LogP contribution in [0.15, 0.2) is 24.3 Å². The minimum Gasteiger partial charge on any atom is -0.391 e. The molecule has 1 aromatic rings. The average Bonchev–Trinajstić information content (AvgIpc) is 3.01. The van der Waals surface area contributed by atoms with Crippen LogP contribution in [0.4, 0.5) is 0 Å². The zero-order valence-electron chi connectivity index (χ0n) is 15.8. The number of likely N-dealkylation sites (tertiary alicyclic amines) is 1. The number of aryl methyl sites for hydroxylation is 1. The van der Waals surface area contributed by atoms with Crippen molar-refractivity contribution in [3.63, 3.8) is 0 Å². The number of carbonyl (C=O) groups excluding carboxylic acids is 1. The summed E-state index contributed by atoms with van der Waals surface area (Å²) < 4.78 is 0. The SMILES string of the molecule is CCCCc1ccc(C(=O)N2C[C@H]3C[C@@H](N(C)C)[C@H](O)C[C@H]3C2)cc1. The summed E-state index contributed by atoms with van der Waals surface area (Å²) in [5.74, 6) is 1.11. The highest BCUT2D eigenvalue weighted by Gasteiger charge is 2.43. The number of carbonyl (C=O) groups is 1. The van der Waals surface area contributed by atoms with Gasteiger partial charge in [-0.25, -0.2) is 0 Å². The molecular weight excluding hydrogens is 312 g/mol. The van der Waals surface area contributed by atoms with Gasteiger partial charge in [0.05, 0.1) is 6.10 Å². The van der Waals surface area contributed by atoms with Crippen molar-refractivity contribution in [1.82, 2.24) is 9.80 Å². The Morgan fingerprint density at radius 1 is 1.16 bits per heavy atom. The summed E-state index contributed by atoms with van der Waals surface area (Å²) in [4.78, 5) is 17.0. The van der Waals surface area contributed by atoms with E-state index >= 15 is 0 Å². The molecule has 1 aliphatic heterocycles. The van der Waals surface area contributed by atoms with Crippen molar-refractivity contribution in [3.8, 4) is 0 Å². The van der Waals surface area contributed by atoms with E-state index in [4.69, 9.17) is 0 Å². The molecule has 1 heterocycles. The number of nitrogens with zero attached hydrogens (tertiary/aromatic N) is 2. The lowest BCUT2D eigenvalue weighted by molar-refractivity contribution is 0.00940. The van der Waals surface area contributed by atoms with E-state index in [1.54, 1.807) is 0 Å². The van der Waals surface area contributed by atoms with Crippen LogP contribution in [0.1, 0.15) is 48.5 Å². The normalized spacial score (nSPS) is 29.1. The number of fused-ring (bicyclic) bond motifs is 1. The van der Waals surface area contributed by atoms with Crippen LogP contribution >= 0.6 is 0 Å². The molecule has 4 nitrogen and oxygen atoms in total. The monoisotopic (exact) mass is 344 g/mol. The third-order valence-electron chi connectivity index (χ3n) is 6.08. The maximum Gasteiger partial charge on any atom is 0.253 e. The summed E-state index contributed by atoms with van der Waals surface area (Å²) in [5.41, 5.74) is 2.11. The number of hydrogen-bond acceptors (Lipinski definition) is 3. The standard InChI is InChI=1S/C21H32N2O2/c1-4-5-6-15-7-9-16(10-8-15)21(25)23-13-17-11-19(22(2)3)20(24)12-18(17)14-23/h7-10,17-20,24H,4-6,11-14H2,1-3H3/t17-,18+,19-,20-/m1/s1. The van der Waals surface area contributed by atoms with Gasteiger partial charge in [0.25, 0.3) is 5.91 Å². The molecule has 1 aromatic carbocycles. The summed E-state index contributed by atoms with van der Waals surface area (Å²) in [6, 6.07) is 8.36. The van der Waals surface area contributed by atoms with E-state index in [9.17, 15) is 9.90 Å². The Labute approximate surface area is 151 Å². The number of unbranched alkanes of at least 4 members (excludes halogenated alkanes) is 1. The molecule has 1 saturated heterocycles. The fourth-order valence-corrected chi connectivity index (χ4v) is 4.51. The topological polar surface area (TPSA) is 43.8 Å². The summed E-state index contributed by atoms with van der Waals surface area (Å²) in [5, 5.41) is 10.4. The Bertz CT molecular complexity index is 584. The summed E-state index contributed by atoms with van der Waals surface area (Å²) in [7, 11) is 4.07. The van der Waals surface area contributed by atoms with Crippen LogP contribution in [0.3, 0.4) is 0 Å². The van der Waals surface area contributed by atoms with Crippen LogP contribution < -0.4 is 0 Å². The molecule has 138 valence electrons. The van der Waals surface area contributed by atoms with Crippen LogP contribution in [0.2, 0.25) is 0 Å². The van der Waals surface area contributed by atoms with Crippen LogP contribution in [-0.4, -0.2) is 60.1 Å². The molecule has 1 aliphatic carbocycles. The molecular formula is C21H32N2O2. The van der Waals surface area contributed by atoms with Gasteiger partial charge in [-0.05, 0) is 69.3 Å². The Balaban J connectivity index is 1.62. The van der Waals surface area contributed by atoms with Gasteiger partial charge < -0.3 is 14.9 Å². The second kappa shape index (κ2) is 7.88. The zero-order valence-corrected chi connectivity index (χ0v) is 15.8. The van der Waals surface area contributed by atoms with Crippen molar-refractivity contribution in [2.24, 2.45) is 11.8 Å². The molecule has 0 spiro atoms. The second-order valence-electron chi connectivity index (χ2n) is 8.10. The van der Waals surface area contributed by atoms with Crippen molar-refractivity contribution >= 4 is 5.91 Å². The molecule has 2 aliphatic rings. The third-order valence-corrected chi connectivity index (χ3v) is 6.08. The molecule has 0 bridgehead atoms. The van der Waals surface area contributed by atoms with Gasteiger partial charge in [0, 0.05) is 24.7 Å². The van der Waals surface area contributed by atoms with Gasteiger partial charge in [-0.3, -0.25) is 4.79 Å². The van der Waals surface area contributed by atoms with Crippen molar-refractivity contribution in [3.05, 3.63) is 35.4 Å². The molecule has 1 saturated carbocycles. The molecule has 3 rings (SSSR count). The first-order valence-electron chi connectivity index (χ1n) is 9.72.